The van der Waals surface area contributed by atoms with Crippen LogP contribution in [-0.4, -0.2) is 22.4 Å². The van der Waals surface area contributed by atoms with Gasteiger partial charge in [0.05, 0.1) is 6.10 Å². The maximum atomic E-state index is 10.7. The molecule has 0 saturated heterocycles. The summed E-state index contributed by atoms with van der Waals surface area (Å²) >= 11 is 0. The molecular formula is C27H46O2. The lowest BCUT2D eigenvalue weighted by atomic mass is 9.46. The Bertz CT molecular complexity index is 624. The van der Waals surface area contributed by atoms with E-state index in [1.165, 1.54) is 50.5 Å². The first-order valence-electron chi connectivity index (χ1n) is 12.7. The molecule has 0 radical (unpaired) electrons. The Balaban J connectivity index is 1.51. The van der Waals surface area contributed by atoms with E-state index in [1.54, 1.807) is 0 Å². The van der Waals surface area contributed by atoms with Crippen LogP contribution in [0.25, 0.3) is 0 Å². The number of aliphatic hydroxyl groups excluding tert-OH is 2. The van der Waals surface area contributed by atoms with Gasteiger partial charge in [0.2, 0.25) is 0 Å². The van der Waals surface area contributed by atoms with Crippen molar-refractivity contribution in [2.75, 3.05) is 0 Å². The molecule has 2 N–H and O–H groups in total. The van der Waals surface area contributed by atoms with Gasteiger partial charge >= 0.3 is 0 Å². The van der Waals surface area contributed by atoms with E-state index in [9.17, 15) is 10.2 Å². The largest absolute Gasteiger partial charge is 0.390 e. The minimum Gasteiger partial charge on any atom is -0.390 e. The highest BCUT2D eigenvalue weighted by molar-refractivity contribution is 5.29. The third-order valence-corrected chi connectivity index (χ3v) is 10.4. The molecular weight excluding hydrogens is 356 g/mol. The van der Waals surface area contributed by atoms with Crippen LogP contribution in [0.1, 0.15) is 98.8 Å². The predicted molar refractivity (Wildman–Crippen MR) is 120 cm³/mol. The summed E-state index contributed by atoms with van der Waals surface area (Å²) in [5, 5.41) is 20.9. The van der Waals surface area contributed by atoms with Gasteiger partial charge in [-0.05, 0) is 96.9 Å². The smallest absolute Gasteiger partial charge is 0.101 e. The summed E-state index contributed by atoms with van der Waals surface area (Å²) in [6.45, 7) is 12.3. The predicted octanol–water partition coefficient (Wildman–Crippen LogP) is 6.36. The van der Waals surface area contributed by atoms with Crippen LogP contribution >= 0.6 is 0 Å². The molecule has 2 heteroatoms. The molecule has 0 aromatic rings. The van der Waals surface area contributed by atoms with Crippen LogP contribution in [0, 0.1) is 46.3 Å². The average molecular weight is 403 g/mol. The van der Waals surface area contributed by atoms with Crippen molar-refractivity contribution in [1.29, 1.82) is 0 Å². The van der Waals surface area contributed by atoms with Gasteiger partial charge in [-0.3, -0.25) is 0 Å². The summed E-state index contributed by atoms with van der Waals surface area (Å²) < 4.78 is 0. The van der Waals surface area contributed by atoms with Crippen molar-refractivity contribution >= 4 is 0 Å². The number of rotatable bonds is 5. The first-order chi connectivity index (χ1) is 13.7. The standard InChI is InChI=1S/C27H46O2/c1-17(2)7-6-8-18(3)20-11-12-21-19-9-10-23-25(29)24(28)14-16-27(23,5)22(19)13-15-26(20,21)4/h10,17-22,24-25,28-29H,6-9,11-16H2,1-5H3/t18-,19+,20-,21+,22+,24+,25+,26-,27-/m1/s1. The van der Waals surface area contributed by atoms with E-state index >= 15 is 0 Å². The highest BCUT2D eigenvalue weighted by Gasteiger charge is 2.60. The van der Waals surface area contributed by atoms with Gasteiger partial charge in [0, 0.05) is 0 Å². The third-order valence-electron chi connectivity index (χ3n) is 10.4. The molecule has 166 valence electrons. The number of allylic oxidation sites excluding steroid dienone is 1. The fourth-order valence-electron chi connectivity index (χ4n) is 8.74. The van der Waals surface area contributed by atoms with Crippen molar-refractivity contribution < 1.29 is 10.2 Å². The molecule has 0 aromatic heterocycles. The van der Waals surface area contributed by atoms with Gasteiger partial charge in [-0.25, -0.2) is 0 Å². The fourth-order valence-corrected chi connectivity index (χ4v) is 8.74. The van der Waals surface area contributed by atoms with E-state index in [1.807, 2.05) is 0 Å². The Kier molecular flexibility index (Phi) is 6.01. The normalized spacial score (nSPS) is 47.9. The molecule has 0 aliphatic heterocycles. The monoisotopic (exact) mass is 402 g/mol. The minimum atomic E-state index is -0.625. The van der Waals surface area contributed by atoms with E-state index in [4.69, 9.17) is 0 Å². The second kappa shape index (κ2) is 7.97. The Morgan fingerprint density at radius 3 is 2.45 bits per heavy atom. The van der Waals surface area contributed by atoms with Gasteiger partial charge in [-0.2, -0.15) is 0 Å². The summed E-state index contributed by atoms with van der Waals surface area (Å²) in [5.41, 5.74) is 1.81. The SMILES string of the molecule is CC(C)CCC[C@@H](C)[C@H]1CC[C@H]2[C@@H]3CC=C4[C@H](O)[C@@H](O)CC[C@]4(C)[C@H]3CC[C@]12C. The van der Waals surface area contributed by atoms with Crippen LogP contribution in [-0.2, 0) is 0 Å². The summed E-state index contributed by atoms with van der Waals surface area (Å²) in [6, 6.07) is 0. The van der Waals surface area contributed by atoms with Crippen molar-refractivity contribution in [3.05, 3.63) is 11.6 Å². The molecule has 29 heavy (non-hydrogen) atoms. The maximum Gasteiger partial charge on any atom is 0.101 e. The summed E-state index contributed by atoms with van der Waals surface area (Å²) in [7, 11) is 0. The first kappa shape index (κ1) is 21.9. The Hall–Kier alpha value is -0.340. The van der Waals surface area contributed by atoms with Crippen LogP contribution in [0.3, 0.4) is 0 Å². The number of fused-ring (bicyclic) bond motifs is 5. The number of aliphatic hydroxyl groups is 2. The molecule has 0 aromatic carbocycles. The summed E-state index contributed by atoms with van der Waals surface area (Å²) in [4.78, 5) is 0. The Labute approximate surface area is 179 Å². The highest BCUT2D eigenvalue weighted by Crippen LogP contribution is 2.67. The topological polar surface area (TPSA) is 40.5 Å². The number of hydrogen-bond donors (Lipinski definition) is 2. The van der Waals surface area contributed by atoms with Crippen molar-refractivity contribution in [3.63, 3.8) is 0 Å². The van der Waals surface area contributed by atoms with Crippen LogP contribution < -0.4 is 0 Å². The quantitative estimate of drug-likeness (QED) is 0.525. The molecule has 4 aliphatic carbocycles. The average Bonchev–Trinajstić information content (AvgIpc) is 3.02. The van der Waals surface area contributed by atoms with Crippen molar-refractivity contribution in [3.8, 4) is 0 Å². The molecule has 4 rings (SSSR count). The highest BCUT2D eigenvalue weighted by atomic mass is 16.3. The second-order valence-electron chi connectivity index (χ2n) is 12.3. The molecule has 3 fully saturated rings. The zero-order chi connectivity index (χ0) is 21.0. The van der Waals surface area contributed by atoms with Crippen molar-refractivity contribution in [1.82, 2.24) is 0 Å². The summed E-state index contributed by atoms with van der Waals surface area (Å²) in [5.74, 6) is 4.95. The molecule has 9 atom stereocenters. The number of hydrogen-bond acceptors (Lipinski definition) is 2. The molecule has 4 aliphatic rings. The van der Waals surface area contributed by atoms with E-state index in [-0.39, 0.29) is 5.41 Å². The second-order valence-corrected chi connectivity index (χ2v) is 12.3. The van der Waals surface area contributed by atoms with E-state index < -0.39 is 12.2 Å². The molecule has 0 amide bonds. The van der Waals surface area contributed by atoms with Gasteiger partial charge in [0.15, 0.2) is 0 Å². The molecule has 0 heterocycles. The van der Waals surface area contributed by atoms with Crippen LogP contribution in [0.2, 0.25) is 0 Å². The maximum absolute atomic E-state index is 10.7. The lowest BCUT2D eigenvalue weighted by Crippen LogP contribution is -2.53. The van der Waals surface area contributed by atoms with Crippen LogP contribution in [0.4, 0.5) is 0 Å². The Morgan fingerprint density at radius 2 is 1.72 bits per heavy atom. The fraction of sp³-hybridized carbons (Fsp3) is 0.926. The zero-order valence-electron chi connectivity index (χ0n) is 19.7. The van der Waals surface area contributed by atoms with Gasteiger partial charge in [0.25, 0.3) is 0 Å². The molecule has 0 bridgehead atoms. The van der Waals surface area contributed by atoms with Gasteiger partial charge in [0.1, 0.15) is 6.10 Å². The zero-order valence-corrected chi connectivity index (χ0v) is 19.7. The summed E-state index contributed by atoms with van der Waals surface area (Å²) in [6.07, 6.45) is 13.9. The van der Waals surface area contributed by atoms with E-state index in [0.29, 0.717) is 11.3 Å². The van der Waals surface area contributed by atoms with Crippen LogP contribution in [0.5, 0.6) is 0 Å². The van der Waals surface area contributed by atoms with Crippen LogP contribution in [0.15, 0.2) is 11.6 Å². The minimum absolute atomic E-state index is 0.115. The molecule has 2 nitrogen and oxygen atoms in total. The third kappa shape index (κ3) is 3.55. The van der Waals surface area contributed by atoms with Gasteiger partial charge < -0.3 is 10.2 Å². The molecule has 0 unspecified atom stereocenters. The van der Waals surface area contributed by atoms with Crippen molar-refractivity contribution in [2.24, 2.45) is 46.3 Å². The van der Waals surface area contributed by atoms with E-state index in [2.05, 4.69) is 40.7 Å². The Morgan fingerprint density at radius 1 is 0.966 bits per heavy atom. The van der Waals surface area contributed by atoms with Gasteiger partial charge in [-0.15, -0.1) is 0 Å². The van der Waals surface area contributed by atoms with Gasteiger partial charge in [-0.1, -0.05) is 60.0 Å². The first-order valence-corrected chi connectivity index (χ1v) is 12.7. The lowest BCUT2D eigenvalue weighted by Gasteiger charge is -2.59. The van der Waals surface area contributed by atoms with Crippen molar-refractivity contribution in [2.45, 2.75) is 111 Å². The van der Waals surface area contributed by atoms with E-state index in [0.717, 1.165) is 48.9 Å². The molecule has 3 saturated carbocycles. The molecule has 0 spiro atoms. The lowest BCUT2D eigenvalue weighted by molar-refractivity contribution is -0.0801.